The zero-order valence-electron chi connectivity index (χ0n) is 7.49. The SMILES string of the molecule is CCSc1cnc(C(=O)ON)c(Cl)c1. The molecule has 0 atom stereocenters. The molecule has 2 N–H and O–H groups in total. The van der Waals surface area contributed by atoms with Crippen LogP contribution < -0.4 is 5.90 Å². The highest BCUT2D eigenvalue weighted by atomic mass is 35.5. The third-order valence-electron chi connectivity index (χ3n) is 1.43. The van der Waals surface area contributed by atoms with E-state index in [1.165, 1.54) is 0 Å². The highest BCUT2D eigenvalue weighted by molar-refractivity contribution is 7.99. The van der Waals surface area contributed by atoms with Gasteiger partial charge in [-0.1, -0.05) is 18.5 Å². The second-order valence-corrected chi connectivity index (χ2v) is 4.08. The molecule has 0 saturated carbocycles. The van der Waals surface area contributed by atoms with Crippen LogP contribution in [-0.2, 0) is 4.84 Å². The van der Waals surface area contributed by atoms with E-state index in [1.807, 2.05) is 6.92 Å². The average molecular weight is 233 g/mol. The van der Waals surface area contributed by atoms with E-state index in [-0.39, 0.29) is 10.7 Å². The zero-order chi connectivity index (χ0) is 10.6. The third-order valence-corrected chi connectivity index (χ3v) is 2.56. The van der Waals surface area contributed by atoms with E-state index in [2.05, 4.69) is 9.82 Å². The van der Waals surface area contributed by atoms with Gasteiger partial charge in [0.25, 0.3) is 0 Å². The quantitative estimate of drug-likeness (QED) is 0.637. The monoisotopic (exact) mass is 232 g/mol. The Balaban J connectivity index is 2.95. The fraction of sp³-hybridized carbons (Fsp3) is 0.250. The van der Waals surface area contributed by atoms with E-state index in [4.69, 9.17) is 17.5 Å². The Morgan fingerprint density at radius 3 is 3.00 bits per heavy atom. The van der Waals surface area contributed by atoms with E-state index in [1.54, 1.807) is 24.0 Å². The number of pyridine rings is 1. The van der Waals surface area contributed by atoms with Crippen molar-refractivity contribution < 1.29 is 9.63 Å². The van der Waals surface area contributed by atoms with Crippen molar-refractivity contribution in [1.82, 2.24) is 4.98 Å². The van der Waals surface area contributed by atoms with Gasteiger partial charge in [0.05, 0.1) is 5.02 Å². The summed E-state index contributed by atoms with van der Waals surface area (Å²) in [5, 5.41) is 0.249. The molecule has 0 saturated heterocycles. The van der Waals surface area contributed by atoms with Crippen LogP contribution in [0.5, 0.6) is 0 Å². The minimum absolute atomic E-state index is 0.0367. The van der Waals surface area contributed by atoms with Gasteiger partial charge in [0.15, 0.2) is 5.69 Å². The molecular formula is C8H9ClN2O2S. The Morgan fingerprint density at radius 2 is 2.50 bits per heavy atom. The summed E-state index contributed by atoms with van der Waals surface area (Å²) >= 11 is 7.39. The normalized spacial score (nSPS) is 9.93. The molecule has 0 unspecified atom stereocenters. The molecule has 0 aliphatic carbocycles. The van der Waals surface area contributed by atoms with Crippen LogP contribution in [-0.4, -0.2) is 16.7 Å². The molecule has 0 aromatic carbocycles. The van der Waals surface area contributed by atoms with Crippen molar-refractivity contribution in [2.75, 3.05) is 5.75 Å². The van der Waals surface area contributed by atoms with Crippen LogP contribution in [0.4, 0.5) is 0 Å². The first-order chi connectivity index (χ1) is 6.69. The van der Waals surface area contributed by atoms with Crippen molar-refractivity contribution in [2.45, 2.75) is 11.8 Å². The van der Waals surface area contributed by atoms with Crippen molar-refractivity contribution in [3.05, 3.63) is 23.0 Å². The summed E-state index contributed by atoms with van der Waals surface area (Å²) in [7, 11) is 0. The fourth-order valence-electron chi connectivity index (χ4n) is 0.872. The Kier molecular flexibility index (Phi) is 4.19. The van der Waals surface area contributed by atoms with Gasteiger partial charge in [-0.25, -0.2) is 9.78 Å². The number of halogens is 1. The third kappa shape index (κ3) is 2.60. The van der Waals surface area contributed by atoms with Crippen molar-refractivity contribution in [3.63, 3.8) is 0 Å². The first-order valence-corrected chi connectivity index (χ1v) is 5.24. The average Bonchev–Trinajstić information content (AvgIpc) is 2.17. The molecule has 0 radical (unpaired) electrons. The number of thioether (sulfide) groups is 1. The molecule has 0 aliphatic rings. The van der Waals surface area contributed by atoms with Crippen molar-refractivity contribution in [1.29, 1.82) is 0 Å². The van der Waals surface area contributed by atoms with Crippen LogP contribution >= 0.6 is 23.4 Å². The van der Waals surface area contributed by atoms with Crippen LogP contribution in [0, 0.1) is 0 Å². The van der Waals surface area contributed by atoms with E-state index in [9.17, 15) is 4.79 Å². The molecule has 4 nitrogen and oxygen atoms in total. The Bertz CT molecular complexity index is 346. The number of hydrogen-bond acceptors (Lipinski definition) is 5. The highest BCUT2D eigenvalue weighted by Crippen LogP contribution is 2.22. The Hall–Kier alpha value is -0.780. The summed E-state index contributed by atoms with van der Waals surface area (Å²) in [5.74, 6) is 4.90. The molecule has 1 rings (SSSR count). The summed E-state index contributed by atoms with van der Waals surface area (Å²) in [6, 6.07) is 1.66. The van der Waals surface area contributed by atoms with Gasteiger partial charge in [0, 0.05) is 11.1 Å². The predicted molar refractivity (Wildman–Crippen MR) is 55.2 cm³/mol. The highest BCUT2D eigenvalue weighted by Gasteiger charge is 2.13. The molecular weight excluding hydrogens is 224 g/mol. The van der Waals surface area contributed by atoms with Crippen molar-refractivity contribution in [3.8, 4) is 0 Å². The number of carbonyl (C=O) groups is 1. The van der Waals surface area contributed by atoms with Gasteiger partial charge in [0.2, 0.25) is 0 Å². The standard InChI is InChI=1S/C8H9ClN2O2S/c1-2-14-5-3-6(9)7(11-4-5)8(12)13-10/h3-4H,2,10H2,1H3. The van der Waals surface area contributed by atoms with Crippen LogP contribution in [0.15, 0.2) is 17.2 Å². The van der Waals surface area contributed by atoms with Crippen molar-refractivity contribution in [2.24, 2.45) is 5.90 Å². The largest absolute Gasteiger partial charge is 0.376 e. The molecule has 1 heterocycles. The second kappa shape index (κ2) is 5.19. The van der Waals surface area contributed by atoms with Crippen LogP contribution in [0.2, 0.25) is 5.02 Å². The first-order valence-electron chi connectivity index (χ1n) is 3.88. The van der Waals surface area contributed by atoms with Crippen LogP contribution in [0.3, 0.4) is 0 Å². The molecule has 0 fully saturated rings. The molecule has 0 aliphatic heterocycles. The molecule has 1 aromatic heterocycles. The van der Waals surface area contributed by atoms with E-state index in [0.29, 0.717) is 0 Å². The number of nitrogens with two attached hydrogens (primary N) is 1. The lowest BCUT2D eigenvalue weighted by atomic mass is 10.3. The maximum Gasteiger partial charge on any atom is 0.376 e. The fourth-order valence-corrected chi connectivity index (χ4v) is 1.84. The first kappa shape index (κ1) is 11.3. The maximum absolute atomic E-state index is 11.0. The summed E-state index contributed by atoms with van der Waals surface area (Å²) in [6.07, 6.45) is 1.56. The minimum atomic E-state index is -0.733. The van der Waals surface area contributed by atoms with Gasteiger partial charge in [-0.05, 0) is 11.8 Å². The smallest absolute Gasteiger partial charge is 0.368 e. The molecule has 1 aromatic rings. The number of hydrogen-bond donors (Lipinski definition) is 1. The second-order valence-electron chi connectivity index (χ2n) is 2.34. The van der Waals surface area contributed by atoms with E-state index in [0.717, 1.165) is 10.6 Å². The molecule has 14 heavy (non-hydrogen) atoms. The molecule has 0 spiro atoms. The van der Waals surface area contributed by atoms with E-state index < -0.39 is 5.97 Å². The van der Waals surface area contributed by atoms with Gasteiger partial charge in [-0.15, -0.1) is 11.8 Å². The Labute approximate surface area is 90.7 Å². The predicted octanol–water partition coefficient (Wildman–Crippen LogP) is 1.88. The summed E-state index contributed by atoms with van der Waals surface area (Å²) < 4.78 is 0. The van der Waals surface area contributed by atoms with Crippen LogP contribution in [0.1, 0.15) is 17.4 Å². The lowest BCUT2D eigenvalue weighted by molar-refractivity contribution is 0.0496. The summed E-state index contributed by atoms with van der Waals surface area (Å²) in [6.45, 7) is 2.01. The number of carbonyl (C=O) groups excluding carboxylic acids is 1. The topological polar surface area (TPSA) is 65.2 Å². The van der Waals surface area contributed by atoms with Gasteiger partial charge >= 0.3 is 5.97 Å². The van der Waals surface area contributed by atoms with Gasteiger partial charge in [-0.3, -0.25) is 0 Å². The number of aromatic nitrogens is 1. The Morgan fingerprint density at radius 1 is 1.79 bits per heavy atom. The van der Waals surface area contributed by atoms with Gasteiger partial charge < -0.3 is 4.84 Å². The molecule has 76 valence electrons. The van der Waals surface area contributed by atoms with Gasteiger partial charge in [-0.2, -0.15) is 5.90 Å². The number of nitrogens with zero attached hydrogens (tertiary/aromatic N) is 1. The lowest BCUT2D eigenvalue weighted by Gasteiger charge is -2.02. The molecule has 6 heteroatoms. The summed E-state index contributed by atoms with van der Waals surface area (Å²) in [4.78, 5) is 19.8. The maximum atomic E-state index is 11.0. The molecule has 0 bridgehead atoms. The zero-order valence-corrected chi connectivity index (χ0v) is 9.06. The summed E-state index contributed by atoms with van der Waals surface area (Å²) in [5.41, 5.74) is 0.0367. The van der Waals surface area contributed by atoms with Gasteiger partial charge in [0.1, 0.15) is 0 Å². The van der Waals surface area contributed by atoms with E-state index >= 15 is 0 Å². The van der Waals surface area contributed by atoms with Crippen LogP contribution in [0.25, 0.3) is 0 Å². The number of rotatable bonds is 3. The molecule has 0 amide bonds. The van der Waals surface area contributed by atoms with Crippen molar-refractivity contribution >= 4 is 29.3 Å². The lowest BCUT2D eigenvalue weighted by Crippen LogP contribution is -2.12. The minimum Gasteiger partial charge on any atom is -0.368 e.